The molecule has 0 N–H and O–H groups in total. The Hall–Kier alpha value is -2.62. The first-order valence-corrected chi connectivity index (χ1v) is 7.04. The minimum absolute atomic E-state index is 0.0770. The number of hydrogen-bond acceptors (Lipinski definition) is 4. The highest BCUT2D eigenvalue weighted by molar-refractivity contribution is 6.02. The molecule has 4 heteroatoms. The first-order chi connectivity index (χ1) is 10.7. The van der Waals surface area contributed by atoms with E-state index in [1.54, 1.807) is 12.1 Å². The topological polar surface area (TPSA) is 48.4 Å². The van der Waals surface area contributed by atoms with Crippen LogP contribution in [0.15, 0.2) is 55.3 Å². The quantitative estimate of drug-likeness (QED) is 0.421. The molecule has 0 spiro atoms. The molecule has 2 aromatic rings. The molecule has 0 amide bonds. The van der Waals surface area contributed by atoms with Crippen molar-refractivity contribution in [2.24, 2.45) is 0 Å². The van der Waals surface area contributed by atoms with Crippen molar-refractivity contribution in [3.8, 4) is 5.88 Å². The number of nitrogens with zero attached hydrogens (tertiary/aromatic N) is 1. The van der Waals surface area contributed by atoms with Crippen LogP contribution < -0.4 is 4.74 Å². The van der Waals surface area contributed by atoms with Gasteiger partial charge in [-0.1, -0.05) is 30.9 Å². The summed E-state index contributed by atoms with van der Waals surface area (Å²) in [5.74, 6) is 0.694. The Morgan fingerprint density at radius 3 is 2.86 bits per heavy atom. The second-order valence-electron chi connectivity index (χ2n) is 4.82. The van der Waals surface area contributed by atoms with Crippen molar-refractivity contribution in [1.82, 2.24) is 4.98 Å². The van der Waals surface area contributed by atoms with E-state index in [1.807, 2.05) is 24.3 Å². The number of rotatable bonds is 8. The Kier molecular flexibility index (Phi) is 5.31. The van der Waals surface area contributed by atoms with Crippen molar-refractivity contribution in [2.45, 2.75) is 12.8 Å². The van der Waals surface area contributed by atoms with Crippen molar-refractivity contribution < 1.29 is 14.3 Å². The average molecular weight is 297 g/mol. The lowest BCUT2D eigenvalue weighted by atomic mass is 10.1. The van der Waals surface area contributed by atoms with Gasteiger partial charge in [0.15, 0.2) is 6.61 Å². The van der Waals surface area contributed by atoms with E-state index in [0.29, 0.717) is 23.6 Å². The standard InChI is InChI=1S/C18H19NO3/c1-4-5-8-13(2)22-12-17(20)15-11-14-9-6-7-10-16(14)19-18(15)21-3/h4,6-7,9-11H,1-2,5,8,12H2,3H3. The molecule has 0 aliphatic rings. The molecule has 0 radical (unpaired) electrons. The number of hydrogen-bond donors (Lipinski definition) is 0. The predicted octanol–water partition coefficient (Wildman–Crippen LogP) is 3.92. The SMILES string of the molecule is C=CCCC(=C)OCC(=O)c1cc2ccccc2nc1OC. The molecule has 0 saturated carbocycles. The number of carbonyl (C=O) groups is 1. The van der Waals surface area contributed by atoms with Gasteiger partial charge in [0.2, 0.25) is 11.7 Å². The van der Waals surface area contributed by atoms with Crippen LogP contribution in [0.4, 0.5) is 0 Å². The molecule has 0 aliphatic heterocycles. The van der Waals surface area contributed by atoms with Crippen LogP contribution in [-0.4, -0.2) is 24.5 Å². The van der Waals surface area contributed by atoms with Gasteiger partial charge in [-0.05, 0) is 18.6 Å². The molecule has 1 aromatic heterocycles. The van der Waals surface area contributed by atoms with Gasteiger partial charge >= 0.3 is 0 Å². The normalized spacial score (nSPS) is 10.2. The van der Waals surface area contributed by atoms with Crippen LogP contribution in [0.3, 0.4) is 0 Å². The van der Waals surface area contributed by atoms with E-state index >= 15 is 0 Å². The van der Waals surface area contributed by atoms with Crippen LogP contribution in [0.1, 0.15) is 23.2 Å². The van der Waals surface area contributed by atoms with E-state index in [1.165, 1.54) is 7.11 Å². The number of aromatic nitrogens is 1. The molecule has 0 bridgehead atoms. The first-order valence-electron chi connectivity index (χ1n) is 7.04. The van der Waals surface area contributed by atoms with Crippen molar-refractivity contribution in [3.63, 3.8) is 0 Å². The Bertz CT molecular complexity index is 707. The van der Waals surface area contributed by atoms with E-state index in [-0.39, 0.29) is 12.4 Å². The van der Waals surface area contributed by atoms with Crippen molar-refractivity contribution in [1.29, 1.82) is 0 Å². The van der Waals surface area contributed by atoms with Crippen molar-refractivity contribution in [2.75, 3.05) is 13.7 Å². The molecule has 1 heterocycles. The molecule has 4 nitrogen and oxygen atoms in total. The number of carbonyl (C=O) groups excluding carboxylic acids is 1. The van der Waals surface area contributed by atoms with Gasteiger partial charge in [0, 0.05) is 11.8 Å². The Balaban J connectivity index is 2.16. The summed E-state index contributed by atoms with van der Waals surface area (Å²) in [6.45, 7) is 7.34. The fourth-order valence-corrected chi connectivity index (χ4v) is 2.03. The molecule has 0 atom stereocenters. The third-order valence-electron chi connectivity index (χ3n) is 3.22. The zero-order valence-corrected chi connectivity index (χ0v) is 12.7. The zero-order valence-electron chi connectivity index (χ0n) is 12.7. The minimum Gasteiger partial charge on any atom is -0.490 e. The second kappa shape index (κ2) is 7.41. The minimum atomic E-state index is -0.185. The summed E-state index contributed by atoms with van der Waals surface area (Å²) in [6, 6.07) is 9.35. The summed E-state index contributed by atoms with van der Waals surface area (Å²) in [5.41, 5.74) is 1.20. The highest BCUT2D eigenvalue weighted by Crippen LogP contribution is 2.22. The number of fused-ring (bicyclic) bond motifs is 1. The number of benzene rings is 1. The van der Waals surface area contributed by atoms with E-state index in [2.05, 4.69) is 18.1 Å². The van der Waals surface area contributed by atoms with E-state index in [9.17, 15) is 4.79 Å². The van der Waals surface area contributed by atoms with Gasteiger partial charge < -0.3 is 9.47 Å². The second-order valence-corrected chi connectivity index (χ2v) is 4.82. The van der Waals surface area contributed by atoms with Gasteiger partial charge in [0.1, 0.15) is 0 Å². The van der Waals surface area contributed by atoms with Crippen LogP contribution in [0.25, 0.3) is 10.9 Å². The lowest BCUT2D eigenvalue weighted by molar-refractivity contribution is 0.0853. The zero-order chi connectivity index (χ0) is 15.9. The van der Waals surface area contributed by atoms with E-state index < -0.39 is 0 Å². The number of para-hydroxylation sites is 1. The fourth-order valence-electron chi connectivity index (χ4n) is 2.03. The largest absolute Gasteiger partial charge is 0.490 e. The molecule has 2 rings (SSSR count). The number of ether oxygens (including phenoxy) is 2. The van der Waals surface area contributed by atoms with Crippen molar-refractivity contribution in [3.05, 3.63) is 60.9 Å². The van der Waals surface area contributed by atoms with Gasteiger partial charge in [-0.15, -0.1) is 6.58 Å². The maximum absolute atomic E-state index is 12.3. The molecule has 114 valence electrons. The van der Waals surface area contributed by atoms with E-state index in [4.69, 9.17) is 9.47 Å². The molecule has 1 aromatic carbocycles. The molecular formula is C18H19NO3. The summed E-state index contributed by atoms with van der Waals surface area (Å²) >= 11 is 0. The maximum Gasteiger partial charge on any atom is 0.224 e. The molecule has 0 fully saturated rings. The third-order valence-corrected chi connectivity index (χ3v) is 3.22. The summed E-state index contributed by atoms with van der Waals surface area (Å²) in [6.07, 6.45) is 3.21. The van der Waals surface area contributed by atoms with Gasteiger partial charge in [-0.2, -0.15) is 0 Å². The number of methoxy groups -OCH3 is 1. The smallest absolute Gasteiger partial charge is 0.224 e. The average Bonchev–Trinajstić information content (AvgIpc) is 2.56. The van der Waals surface area contributed by atoms with Crippen LogP contribution in [-0.2, 0) is 4.74 Å². The molecule has 22 heavy (non-hydrogen) atoms. The van der Waals surface area contributed by atoms with Crippen LogP contribution in [0.2, 0.25) is 0 Å². The van der Waals surface area contributed by atoms with Crippen molar-refractivity contribution >= 4 is 16.7 Å². The van der Waals surface area contributed by atoms with Gasteiger partial charge in [0.25, 0.3) is 0 Å². The third kappa shape index (κ3) is 3.73. The number of Topliss-reactive ketones (excluding diaryl/α,β-unsaturated/α-hetero) is 1. The first kappa shape index (κ1) is 15.8. The predicted molar refractivity (Wildman–Crippen MR) is 87.1 cm³/mol. The highest BCUT2D eigenvalue weighted by atomic mass is 16.5. The highest BCUT2D eigenvalue weighted by Gasteiger charge is 2.16. The maximum atomic E-state index is 12.3. The number of allylic oxidation sites excluding steroid dienone is 2. The molecule has 0 aliphatic carbocycles. The molecule has 0 unspecified atom stereocenters. The Morgan fingerprint density at radius 1 is 1.36 bits per heavy atom. The number of ketones is 1. The van der Waals surface area contributed by atoms with Gasteiger partial charge in [0.05, 0.1) is 23.9 Å². The molecule has 0 saturated heterocycles. The summed E-state index contributed by atoms with van der Waals surface area (Å²) in [4.78, 5) is 16.7. The Labute approximate surface area is 130 Å². The summed E-state index contributed by atoms with van der Waals surface area (Å²) < 4.78 is 10.6. The fraction of sp³-hybridized carbons (Fsp3) is 0.222. The van der Waals surface area contributed by atoms with Crippen LogP contribution in [0.5, 0.6) is 5.88 Å². The van der Waals surface area contributed by atoms with Gasteiger partial charge in [-0.3, -0.25) is 4.79 Å². The van der Waals surface area contributed by atoms with Gasteiger partial charge in [-0.25, -0.2) is 4.98 Å². The molecular weight excluding hydrogens is 278 g/mol. The van der Waals surface area contributed by atoms with E-state index in [0.717, 1.165) is 17.3 Å². The van der Waals surface area contributed by atoms with Crippen LogP contribution >= 0.6 is 0 Å². The summed E-state index contributed by atoms with van der Waals surface area (Å²) in [7, 11) is 1.50. The lowest BCUT2D eigenvalue weighted by Crippen LogP contribution is -2.11. The lowest BCUT2D eigenvalue weighted by Gasteiger charge is -2.10. The monoisotopic (exact) mass is 297 g/mol. The number of pyridine rings is 1. The van der Waals surface area contributed by atoms with Crippen LogP contribution in [0, 0.1) is 0 Å². The summed E-state index contributed by atoms with van der Waals surface area (Å²) in [5, 5.41) is 0.886. The Morgan fingerprint density at radius 2 is 2.14 bits per heavy atom.